The van der Waals surface area contributed by atoms with Gasteiger partial charge in [0.15, 0.2) is 0 Å². The lowest BCUT2D eigenvalue weighted by Gasteiger charge is -2.05. The van der Waals surface area contributed by atoms with Crippen molar-refractivity contribution in [3.63, 3.8) is 0 Å². The number of imidazole rings is 1. The van der Waals surface area contributed by atoms with Gasteiger partial charge in [0.1, 0.15) is 0 Å². The lowest BCUT2D eigenvalue weighted by molar-refractivity contribution is 0.0507. The van der Waals surface area contributed by atoms with Gasteiger partial charge in [-0.25, -0.2) is 9.78 Å². The molecule has 4 nitrogen and oxygen atoms in total. The van der Waals surface area contributed by atoms with Gasteiger partial charge < -0.3 is 9.30 Å². The van der Waals surface area contributed by atoms with E-state index in [1.807, 2.05) is 28.8 Å². The quantitative estimate of drug-likeness (QED) is 0.643. The molecule has 0 saturated carbocycles. The first kappa shape index (κ1) is 12.1. The number of hydrogen-bond donors (Lipinski definition) is 0. The Balaban J connectivity index is 2.53. The van der Waals surface area contributed by atoms with Crippen LogP contribution in [0.2, 0.25) is 0 Å². The number of halogens is 1. The van der Waals surface area contributed by atoms with Gasteiger partial charge in [0.2, 0.25) is 5.82 Å². The Morgan fingerprint density at radius 3 is 2.94 bits per heavy atom. The fourth-order valence-corrected chi connectivity index (χ4v) is 2.09. The van der Waals surface area contributed by atoms with Crippen LogP contribution in [0, 0.1) is 0 Å². The minimum Gasteiger partial charge on any atom is -0.460 e. The van der Waals surface area contributed by atoms with Crippen molar-refractivity contribution in [2.75, 3.05) is 11.9 Å². The number of benzene rings is 1. The highest BCUT2D eigenvalue weighted by Gasteiger charge is 2.17. The summed E-state index contributed by atoms with van der Waals surface area (Å²) in [5.74, 6) is -0.00264. The minimum atomic E-state index is -0.371. The molecular formula is C12H13BrN2O2. The molecule has 0 N–H and O–H groups in total. The summed E-state index contributed by atoms with van der Waals surface area (Å²) in [5.41, 5.74) is 1.77. The molecule has 0 aliphatic carbocycles. The van der Waals surface area contributed by atoms with E-state index in [1.165, 1.54) is 0 Å². The molecule has 2 aromatic rings. The fraction of sp³-hybridized carbons (Fsp3) is 0.333. The third-order valence-corrected chi connectivity index (χ3v) is 2.78. The summed E-state index contributed by atoms with van der Waals surface area (Å²) in [4.78, 5) is 16.1. The first-order valence-electron chi connectivity index (χ1n) is 5.46. The molecule has 1 heterocycles. The van der Waals surface area contributed by atoms with E-state index in [0.717, 1.165) is 16.4 Å². The van der Waals surface area contributed by atoms with Gasteiger partial charge in [-0.1, -0.05) is 28.1 Å². The summed E-state index contributed by atoms with van der Waals surface area (Å²) < 4.78 is 6.88. The van der Waals surface area contributed by atoms with Gasteiger partial charge in [0, 0.05) is 11.9 Å². The zero-order chi connectivity index (χ0) is 12.3. The highest BCUT2D eigenvalue weighted by molar-refractivity contribution is 9.09. The largest absolute Gasteiger partial charge is 0.460 e. The average molecular weight is 297 g/mol. The molecule has 2 rings (SSSR count). The van der Waals surface area contributed by atoms with Crippen molar-refractivity contribution < 1.29 is 9.53 Å². The molecule has 0 bridgehead atoms. The highest BCUT2D eigenvalue weighted by Crippen LogP contribution is 2.17. The summed E-state index contributed by atoms with van der Waals surface area (Å²) >= 11 is 3.38. The van der Waals surface area contributed by atoms with E-state index >= 15 is 0 Å². The second-order valence-corrected chi connectivity index (χ2v) is 4.28. The van der Waals surface area contributed by atoms with Gasteiger partial charge in [-0.2, -0.15) is 0 Å². The normalized spacial score (nSPS) is 10.7. The van der Waals surface area contributed by atoms with Gasteiger partial charge in [-0.05, 0) is 19.1 Å². The molecule has 5 heteroatoms. The van der Waals surface area contributed by atoms with E-state index in [-0.39, 0.29) is 5.97 Å². The first-order chi connectivity index (χ1) is 8.27. The molecule has 0 aliphatic rings. The van der Waals surface area contributed by atoms with Crippen molar-refractivity contribution in [2.24, 2.45) is 0 Å². The van der Waals surface area contributed by atoms with Crippen molar-refractivity contribution in [3.05, 3.63) is 30.1 Å². The highest BCUT2D eigenvalue weighted by atomic mass is 79.9. The predicted molar refractivity (Wildman–Crippen MR) is 69.5 cm³/mol. The topological polar surface area (TPSA) is 44.1 Å². The van der Waals surface area contributed by atoms with Crippen molar-refractivity contribution in [1.29, 1.82) is 0 Å². The molecule has 0 spiro atoms. The number of carbonyl (C=O) groups is 1. The van der Waals surface area contributed by atoms with Crippen LogP contribution in [0.5, 0.6) is 0 Å². The standard InChI is InChI=1S/C12H13BrN2O2/c1-2-17-12(16)11-14-9-5-3-4-6-10(9)15(11)8-7-13/h3-6H,2,7-8H2,1H3. The van der Waals surface area contributed by atoms with E-state index in [2.05, 4.69) is 20.9 Å². The molecule has 17 heavy (non-hydrogen) atoms. The molecular weight excluding hydrogens is 284 g/mol. The van der Waals surface area contributed by atoms with Crippen molar-refractivity contribution in [2.45, 2.75) is 13.5 Å². The number of aryl methyl sites for hydroxylation is 1. The van der Waals surface area contributed by atoms with Gasteiger partial charge in [-0.3, -0.25) is 0 Å². The van der Waals surface area contributed by atoms with Crippen LogP contribution >= 0.6 is 15.9 Å². The van der Waals surface area contributed by atoms with Gasteiger partial charge in [-0.15, -0.1) is 0 Å². The second-order valence-electron chi connectivity index (χ2n) is 3.49. The SMILES string of the molecule is CCOC(=O)c1nc2ccccc2n1CCBr. The van der Waals surface area contributed by atoms with Gasteiger partial charge in [0.05, 0.1) is 17.6 Å². The monoisotopic (exact) mass is 296 g/mol. The van der Waals surface area contributed by atoms with Gasteiger partial charge in [0.25, 0.3) is 0 Å². The molecule has 0 aliphatic heterocycles. The maximum atomic E-state index is 11.8. The Morgan fingerprint density at radius 2 is 2.24 bits per heavy atom. The number of aromatic nitrogens is 2. The first-order valence-corrected chi connectivity index (χ1v) is 6.58. The Bertz CT molecular complexity index is 536. The molecule has 0 atom stereocenters. The second kappa shape index (κ2) is 5.31. The number of hydrogen-bond acceptors (Lipinski definition) is 3. The van der Waals surface area contributed by atoms with Crippen LogP contribution < -0.4 is 0 Å². The molecule has 1 aromatic heterocycles. The lowest BCUT2D eigenvalue weighted by Crippen LogP contribution is -2.14. The summed E-state index contributed by atoms with van der Waals surface area (Å²) in [6.07, 6.45) is 0. The van der Waals surface area contributed by atoms with Crippen LogP contribution in [-0.4, -0.2) is 27.5 Å². The maximum Gasteiger partial charge on any atom is 0.374 e. The summed E-state index contributed by atoms with van der Waals surface area (Å²) in [6, 6.07) is 7.68. The van der Waals surface area contributed by atoms with Crippen molar-refractivity contribution >= 4 is 32.9 Å². The van der Waals surface area contributed by atoms with Crippen LogP contribution in [0.1, 0.15) is 17.5 Å². The molecule has 0 unspecified atom stereocenters. The number of nitrogens with zero attached hydrogens (tertiary/aromatic N) is 2. The van der Waals surface area contributed by atoms with E-state index in [9.17, 15) is 4.79 Å². The number of carbonyl (C=O) groups excluding carboxylic acids is 1. The third kappa shape index (κ3) is 2.34. The van der Waals surface area contributed by atoms with E-state index in [4.69, 9.17) is 4.74 Å². The lowest BCUT2D eigenvalue weighted by atomic mass is 10.3. The van der Waals surface area contributed by atoms with Crippen LogP contribution in [-0.2, 0) is 11.3 Å². The van der Waals surface area contributed by atoms with Crippen molar-refractivity contribution in [3.8, 4) is 0 Å². The van der Waals surface area contributed by atoms with Crippen LogP contribution in [0.25, 0.3) is 11.0 Å². The molecule has 0 amide bonds. The number of rotatable bonds is 4. The predicted octanol–water partition coefficient (Wildman–Crippen LogP) is 2.61. The molecule has 90 valence electrons. The zero-order valence-electron chi connectivity index (χ0n) is 9.52. The van der Waals surface area contributed by atoms with Crippen LogP contribution in [0.3, 0.4) is 0 Å². The third-order valence-electron chi connectivity index (χ3n) is 2.42. The number of para-hydroxylation sites is 2. The Morgan fingerprint density at radius 1 is 1.47 bits per heavy atom. The number of esters is 1. The molecule has 1 aromatic carbocycles. The Hall–Kier alpha value is -1.36. The average Bonchev–Trinajstić information content (AvgIpc) is 2.70. The zero-order valence-corrected chi connectivity index (χ0v) is 11.1. The summed E-state index contributed by atoms with van der Waals surface area (Å²) in [5, 5.41) is 0.764. The smallest absolute Gasteiger partial charge is 0.374 e. The number of fused-ring (bicyclic) bond motifs is 1. The fourth-order valence-electron chi connectivity index (χ4n) is 1.74. The van der Waals surface area contributed by atoms with E-state index in [0.29, 0.717) is 19.0 Å². The summed E-state index contributed by atoms with van der Waals surface area (Å²) in [7, 11) is 0. The van der Waals surface area contributed by atoms with Gasteiger partial charge >= 0.3 is 5.97 Å². The van der Waals surface area contributed by atoms with Crippen LogP contribution in [0.4, 0.5) is 0 Å². The molecule has 0 radical (unpaired) electrons. The summed E-state index contributed by atoms with van der Waals surface area (Å²) in [6.45, 7) is 2.83. The van der Waals surface area contributed by atoms with Crippen LogP contribution in [0.15, 0.2) is 24.3 Å². The molecule has 0 saturated heterocycles. The van der Waals surface area contributed by atoms with Crippen molar-refractivity contribution in [1.82, 2.24) is 9.55 Å². The maximum absolute atomic E-state index is 11.8. The minimum absolute atomic E-state index is 0.357. The number of ether oxygens (including phenoxy) is 1. The molecule has 0 fully saturated rings. The Labute approximate surface area is 108 Å². The van der Waals surface area contributed by atoms with E-state index in [1.54, 1.807) is 6.92 Å². The van der Waals surface area contributed by atoms with E-state index < -0.39 is 0 Å². The Kier molecular flexibility index (Phi) is 3.78. The number of alkyl halides is 1.